The maximum Gasteiger partial charge on any atom is 0.252 e. The van der Waals surface area contributed by atoms with E-state index in [1.807, 2.05) is 0 Å². The molecule has 0 aliphatic carbocycles. The minimum absolute atomic E-state index is 0.0133. The van der Waals surface area contributed by atoms with Gasteiger partial charge in [-0.3, -0.25) is 0 Å². The summed E-state index contributed by atoms with van der Waals surface area (Å²) in [6.45, 7) is 28.0. The second-order valence-electron chi connectivity index (χ2n) is 22.0. The van der Waals surface area contributed by atoms with Gasteiger partial charge in [-0.25, -0.2) is 0 Å². The molecule has 62 heavy (non-hydrogen) atoms. The van der Waals surface area contributed by atoms with Gasteiger partial charge >= 0.3 is 0 Å². The zero-order chi connectivity index (χ0) is 43.7. The zero-order valence-electron chi connectivity index (χ0n) is 38.8. The molecular weight excluding hydrogens is 749 g/mol. The fourth-order valence-electron chi connectivity index (χ4n) is 9.99. The van der Waals surface area contributed by atoms with Crippen LogP contribution in [-0.4, -0.2) is 11.3 Å². The maximum atomic E-state index is 2.57. The summed E-state index contributed by atoms with van der Waals surface area (Å²) in [5.41, 5.74) is 20.2. The Balaban J connectivity index is 1.39. The lowest BCUT2D eigenvalue weighted by atomic mass is 9.33. The van der Waals surface area contributed by atoms with E-state index in [0.29, 0.717) is 0 Å². The molecule has 0 radical (unpaired) electrons. The van der Waals surface area contributed by atoms with Crippen molar-refractivity contribution < 1.29 is 0 Å². The highest BCUT2D eigenvalue weighted by molar-refractivity contribution is 7.00. The second-order valence-corrected chi connectivity index (χ2v) is 22.0. The molecule has 1 aromatic heterocycles. The van der Waals surface area contributed by atoms with E-state index in [1.165, 1.54) is 83.2 Å². The third-order valence-corrected chi connectivity index (χ3v) is 13.6. The highest BCUT2D eigenvalue weighted by Crippen LogP contribution is 2.47. The molecule has 0 bridgehead atoms. The highest BCUT2D eigenvalue weighted by Gasteiger charge is 2.44. The molecule has 7 aromatic carbocycles. The Morgan fingerprint density at radius 3 is 1.06 bits per heavy atom. The molecule has 10 rings (SSSR count). The standard InChI is InChI=1S/C58H60BN3/c1-55(2,3)37-25-29-48-46(31-37)59-47-32-38(56(4,5)6)26-30-49(47)61(42-21-17-14-18-22-42)53-36-43(35-52(54(53)59)60(48)41-19-15-13-16-20-41)62-50-33-39(57(7,8)9)23-27-44(50)45-28-24-40(34-51(45)62)58(10,11)12/h13-36H,1-12H3. The fraction of sp³-hybridized carbons (Fsp3) is 0.276. The molecule has 8 aromatic rings. The van der Waals surface area contributed by atoms with Gasteiger partial charge in [0.2, 0.25) is 0 Å². The normalized spacial score (nSPS) is 14.0. The van der Waals surface area contributed by atoms with E-state index in [2.05, 4.69) is 243 Å². The van der Waals surface area contributed by atoms with Crippen LogP contribution in [0, 0.1) is 0 Å². The van der Waals surface area contributed by atoms with E-state index in [0.717, 1.165) is 17.1 Å². The fourth-order valence-corrected chi connectivity index (χ4v) is 9.99. The molecule has 0 saturated carbocycles. The minimum Gasteiger partial charge on any atom is -0.311 e. The van der Waals surface area contributed by atoms with Gasteiger partial charge in [-0.15, -0.1) is 0 Å². The molecule has 0 unspecified atom stereocenters. The molecular formula is C58H60BN3. The first-order valence-electron chi connectivity index (χ1n) is 22.6. The Hall–Kier alpha value is -6.00. The van der Waals surface area contributed by atoms with Gasteiger partial charge < -0.3 is 14.4 Å². The topological polar surface area (TPSA) is 11.4 Å². The van der Waals surface area contributed by atoms with Gasteiger partial charge in [-0.1, -0.05) is 168 Å². The van der Waals surface area contributed by atoms with Crippen LogP contribution < -0.4 is 26.2 Å². The summed E-state index contributed by atoms with van der Waals surface area (Å²) in [5.74, 6) is 0. The van der Waals surface area contributed by atoms with E-state index in [4.69, 9.17) is 0 Å². The van der Waals surface area contributed by atoms with Crippen LogP contribution in [0.4, 0.5) is 34.1 Å². The summed E-state index contributed by atoms with van der Waals surface area (Å²) in [4.78, 5) is 5.11. The monoisotopic (exact) mass is 809 g/mol. The molecule has 2 aliphatic heterocycles. The van der Waals surface area contributed by atoms with Crippen molar-refractivity contribution in [3.05, 3.63) is 168 Å². The SMILES string of the molecule is CC(C)(C)c1ccc2c(c1)B1c3cc(C(C)(C)C)ccc3N(c3ccccc3)c3cc(-n4c5cc(C(C)(C)C)ccc5c5ccc(C(C)(C)C)cc54)cc(c31)N2c1ccccc1. The van der Waals surface area contributed by atoms with Crippen LogP contribution in [0.2, 0.25) is 0 Å². The summed E-state index contributed by atoms with van der Waals surface area (Å²) in [7, 11) is 0. The molecule has 0 atom stereocenters. The van der Waals surface area contributed by atoms with Crippen LogP contribution >= 0.6 is 0 Å². The maximum absolute atomic E-state index is 2.57. The lowest BCUT2D eigenvalue weighted by Crippen LogP contribution is -2.61. The zero-order valence-corrected chi connectivity index (χ0v) is 38.8. The Bertz CT molecular complexity index is 2850. The highest BCUT2D eigenvalue weighted by atomic mass is 15.2. The van der Waals surface area contributed by atoms with E-state index in [1.54, 1.807) is 0 Å². The number of para-hydroxylation sites is 2. The first-order valence-corrected chi connectivity index (χ1v) is 22.6. The predicted molar refractivity (Wildman–Crippen MR) is 270 cm³/mol. The Labute approximate surface area is 370 Å². The number of nitrogens with zero attached hydrogens (tertiary/aromatic N) is 3. The van der Waals surface area contributed by atoms with Gasteiger partial charge in [0.15, 0.2) is 0 Å². The van der Waals surface area contributed by atoms with Crippen molar-refractivity contribution in [1.29, 1.82) is 0 Å². The van der Waals surface area contributed by atoms with Crippen LogP contribution in [0.5, 0.6) is 0 Å². The van der Waals surface area contributed by atoms with Gasteiger partial charge in [-0.05, 0) is 121 Å². The van der Waals surface area contributed by atoms with Gasteiger partial charge in [0, 0.05) is 44.9 Å². The van der Waals surface area contributed by atoms with Crippen LogP contribution in [0.1, 0.15) is 105 Å². The molecule has 4 heteroatoms. The Morgan fingerprint density at radius 2 is 0.694 bits per heavy atom. The minimum atomic E-state index is -0.0191. The summed E-state index contributed by atoms with van der Waals surface area (Å²) in [5, 5.41) is 2.55. The summed E-state index contributed by atoms with van der Waals surface area (Å²) in [6, 6.07) is 56.0. The van der Waals surface area contributed by atoms with Gasteiger partial charge in [-0.2, -0.15) is 0 Å². The quantitative estimate of drug-likeness (QED) is 0.165. The average Bonchev–Trinajstić information content (AvgIpc) is 3.55. The third kappa shape index (κ3) is 6.40. The molecule has 2 aliphatic rings. The van der Waals surface area contributed by atoms with Gasteiger partial charge in [0.1, 0.15) is 0 Å². The Morgan fingerprint density at radius 1 is 0.339 bits per heavy atom. The second kappa shape index (κ2) is 13.8. The lowest BCUT2D eigenvalue weighted by Gasteiger charge is -2.45. The number of benzene rings is 7. The van der Waals surface area contributed by atoms with E-state index >= 15 is 0 Å². The van der Waals surface area contributed by atoms with Crippen LogP contribution in [0.15, 0.2) is 146 Å². The van der Waals surface area contributed by atoms with E-state index in [9.17, 15) is 0 Å². The lowest BCUT2D eigenvalue weighted by molar-refractivity contribution is 0.590. The molecule has 0 spiro atoms. The molecule has 0 fully saturated rings. The average molecular weight is 810 g/mol. The molecule has 310 valence electrons. The molecule has 0 saturated heterocycles. The first kappa shape index (κ1) is 40.1. The number of fused-ring (bicyclic) bond motifs is 7. The first-order chi connectivity index (χ1) is 29.3. The largest absolute Gasteiger partial charge is 0.311 e. The molecule has 0 N–H and O–H groups in total. The van der Waals surface area contributed by atoms with E-state index < -0.39 is 0 Å². The summed E-state index contributed by atoms with van der Waals surface area (Å²) >= 11 is 0. The Kier molecular flexibility index (Phi) is 8.89. The number of anilines is 6. The van der Waals surface area contributed by atoms with Crippen molar-refractivity contribution in [2.45, 2.75) is 105 Å². The van der Waals surface area contributed by atoms with Crippen molar-refractivity contribution in [3.8, 4) is 5.69 Å². The summed E-state index contributed by atoms with van der Waals surface area (Å²) < 4.78 is 2.57. The number of hydrogen-bond acceptors (Lipinski definition) is 2. The smallest absolute Gasteiger partial charge is 0.252 e. The van der Waals surface area contributed by atoms with Crippen LogP contribution in [0.3, 0.4) is 0 Å². The molecule has 3 nitrogen and oxygen atoms in total. The summed E-state index contributed by atoms with van der Waals surface area (Å²) in [6.07, 6.45) is 0. The van der Waals surface area contributed by atoms with Crippen LogP contribution in [-0.2, 0) is 21.7 Å². The van der Waals surface area contributed by atoms with Crippen molar-refractivity contribution >= 4 is 79.0 Å². The number of hydrogen-bond donors (Lipinski definition) is 0. The van der Waals surface area contributed by atoms with Crippen molar-refractivity contribution in [3.63, 3.8) is 0 Å². The predicted octanol–water partition coefficient (Wildman–Crippen LogP) is 14.1. The van der Waals surface area contributed by atoms with Crippen molar-refractivity contribution in [1.82, 2.24) is 4.57 Å². The number of aromatic nitrogens is 1. The third-order valence-electron chi connectivity index (χ3n) is 13.6. The van der Waals surface area contributed by atoms with Crippen molar-refractivity contribution in [2.24, 2.45) is 0 Å². The van der Waals surface area contributed by atoms with Crippen LogP contribution in [0.25, 0.3) is 27.5 Å². The molecule has 3 heterocycles. The van der Waals surface area contributed by atoms with Gasteiger partial charge in [0.25, 0.3) is 6.71 Å². The van der Waals surface area contributed by atoms with Gasteiger partial charge in [0.05, 0.1) is 16.7 Å². The van der Waals surface area contributed by atoms with E-state index in [-0.39, 0.29) is 28.4 Å². The number of rotatable bonds is 3. The van der Waals surface area contributed by atoms with Crippen molar-refractivity contribution in [2.75, 3.05) is 9.80 Å². The molecule has 0 amide bonds.